The lowest BCUT2D eigenvalue weighted by Crippen LogP contribution is -2.02. The van der Waals surface area contributed by atoms with E-state index in [0.29, 0.717) is 7.14 Å². The fourth-order valence-corrected chi connectivity index (χ4v) is 2.91. The minimum Gasteiger partial charge on any atom is -0.507 e. The largest absolute Gasteiger partial charge is 0.507 e. The SMILES string of the molecule is O=C(O)c1cc(O)c(I)c(I)c1I. The Labute approximate surface area is 115 Å². The summed E-state index contributed by atoms with van der Waals surface area (Å²) in [5.74, 6) is -1.00. The summed E-state index contributed by atoms with van der Waals surface area (Å²) < 4.78 is 2.12. The molecule has 13 heavy (non-hydrogen) atoms. The summed E-state index contributed by atoms with van der Waals surface area (Å²) in [6, 6.07) is 1.27. The summed E-state index contributed by atoms with van der Waals surface area (Å²) >= 11 is 5.95. The second-order valence-corrected chi connectivity index (χ2v) is 5.43. The molecule has 0 aromatic heterocycles. The first kappa shape index (κ1) is 11.8. The second kappa shape index (κ2) is 4.47. The zero-order chi connectivity index (χ0) is 10.2. The standard InChI is InChI=1S/C7H3I3O3/c8-4-2(7(12)13)1-3(11)5(9)6(4)10/h1,11H,(H,12,13). The topological polar surface area (TPSA) is 57.5 Å². The van der Waals surface area contributed by atoms with Crippen LogP contribution in [0.2, 0.25) is 0 Å². The highest BCUT2D eigenvalue weighted by Crippen LogP contribution is 2.31. The molecule has 0 saturated heterocycles. The van der Waals surface area contributed by atoms with Crippen molar-refractivity contribution in [3.63, 3.8) is 0 Å². The number of aromatic carboxylic acids is 1. The van der Waals surface area contributed by atoms with Gasteiger partial charge in [0.25, 0.3) is 0 Å². The van der Waals surface area contributed by atoms with Crippen LogP contribution in [0.25, 0.3) is 0 Å². The van der Waals surface area contributed by atoms with Crippen LogP contribution < -0.4 is 0 Å². The number of carbonyl (C=O) groups is 1. The van der Waals surface area contributed by atoms with E-state index in [1.165, 1.54) is 6.07 Å². The van der Waals surface area contributed by atoms with Crippen LogP contribution in [0, 0.1) is 10.7 Å². The van der Waals surface area contributed by atoms with Gasteiger partial charge in [-0.1, -0.05) is 0 Å². The quantitative estimate of drug-likeness (QED) is 0.447. The first-order valence-electron chi connectivity index (χ1n) is 3.05. The molecule has 0 aliphatic heterocycles. The first-order chi connectivity index (χ1) is 5.95. The molecule has 6 heteroatoms. The van der Waals surface area contributed by atoms with Gasteiger partial charge in [0.1, 0.15) is 5.75 Å². The molecule has 0 heterocycles. The average Bonchev–Trinajstić information content (AvgIpc) is 2.07. The van der Waals surface area contributed by atoms with Crippen molar-refractivity contribution in [3.8, 4) is 5.75 Å². The lowest BCUT2D eigenvalue weighted by Gasteiger charge is -2.06. The van der Waals surface area contributed by atoms with Gasteiger partial charge in [0.15, 0.2) is 0 Å². The molecule has 0 radical (unpaired) electrons. The van der Waals surface area contributed by atoms with Crippen molar-refractivity contribution in [2.45, 2.75) is 0 Å². The Kier molecular flexibility index (Phi) is 4.04. The first-order valence-corrected chi connectivity index (χ1v) is 6.28. The Morgan fingerprint density at radius 3 is 2.15 bits per heavy atom. The van der Waals surface area contributed by atoms with Crippen molar-refractivity contribution in [2.24, 2.45) is 0 Å². The summed E-state index contributed by atoms with van der Waals surface area (Å²) in [5.41, 5.74) is 0.142. The third kappa shape index (κ3) is 2.37. The lowest BCUT2D eigenvalue weighted by atomic mass is 10.2. The van der Waals surface area contributed by atoms with E-state index in [-0.39, 0.29) is 11.3 Å². The monoisotopic (exact) mass is 516 g/mol. The highest BCUT2D eigenvalue weighted by molar-refractivity contribution is 14.1. The number of carboxylic acids is 1. The molecular weight excluding hydrogens is 513 g/mol. The molecule has 0 bridgehead atoms. The second-order valence-electron chi connectivity index (χ2n) is 2.19. The van der Waals surface area contributed by atoms with Crippen LogP contribution in [-0.4, -0.2) is 16.2 Å². The number of phenolic OH excluding ortho intramolecular Hbond substituents is 1. The number of phenols is 1. The van der Waals surface area contributed by atoms with Crippen LogP contribution in [-0.2, 0) is 0 Å². The van der Waals surface area contributed by atoms with E-state index in [0.717, 1.165) is 3.57 Å². The van der Waals surface area contributed by atoms with Gasteiger partial charge in [-0.2, -0.15) is 0 Å². The fourth-order valence-electron chi connectivity index (χ4n) is 0.746. The highest BCUT2D eigenvalue weighted by atomic mass is 127. The third-order valence-corrected chi connectivity index (χ3v) is 6.71. The van der Waals surface area contributed by atoms with Gasteiger partial charge in [-0.25, -0.2) is 4.79 Å². The minimum absolute atomic E-state index is 0.0165. The molecule has 0 atom stereocenters. The van der Waals surface area contributed by atoms with Gasteiger partial charge in [0.2, 0.25) is 0 Å². The Balaban J connectivity index is 3.50. The number of hydrogen-bond donors (Lipinski definition) is 2. The van der Waals surface area contributed by atoms with E-state index in [9.17, 15) is 9.90 Å². The normalized spacial score (nSPS) is 10.1. The van der Waals surface area contributed by atoms with Crippen LogP contribution in [0.4, 0.5) is 0 Å². The molecule has 0 unspecified atom stereocenters. The zero-order valence-electron chi connectivity index (χ0n) is 6.01. The van der Waals surface area contributed by atoms with Gasteiger partial charge < -0.3 is 10.2 Å². The maximum Gasteiger partial charge on any atom is 0.336 e. The summed E-state index contributed by atoms with van der Waals surface area (Å²) in [5, 5.41) is 18.2. The smallest absolute Gasteiger partial charge is 0.336 e. The molecule has 2 N–H and O–H groups in total. The van der Waals surface area contributed by atoms with Gasteiger partial charge in [-0.3, -0.25) is 0 Å². The molecule has 1 rings (SSSR count). The number of halogens is 3. The Hall–Kier alpha value is 0.680. The molecule has 0 aliphatic rings. The van der Waals surface area contributed by atoms with Crippen LogP contribution >= 0.6 is 67.8 Å². The van der Waals surface area contributed by atoms with E-state index in [1.54, 1.807) is 0 Å². The van der Waals surface area contributed by atoms with Crippen molar-refractivity contribution in [2.75, 3.05) is 0 Å². The number of carboxylic acid groups (broad SMARTS) is 1. The molecule has 0 amide bonds. The Bertz CT molecular complexity index is 376. The van der Waals surface area contributed by atoms with E-state index in [2.05, 4.69) is 0 Å². The summed E-state index contributed by atoms with van der Waals surface area (Å²) in [6.45, 7) is 0. The van der Waals surface area contributed by atoms with E-state index in [4.69, 9.17) is 5.11 Å². The van der Waals surface area contributed by atoms with Crippen molar-refractivity contribution in [1.29, 1.82) is 0 Å². The molecule has 3 nitrogen and oxygen atoms in total. The summed E-state index contributed by atoms with van der Waals surface area (Å²) in [7, 11) is 0. The van der Waals surface area contributed by atoms with Crippen molar-refractivity contribution in [3.05, 3.63) is 22.3 Å². The van der Waals surface area contributed by atoms with Crippen LogP contribution in [0.1, 0.15) is 10.4 Å². The highest BCUT2D eigenvalue weighted by Gasteiger charge is 2.16. The number of aromatic hydroxyl groups is 1. The predicted molar refractivity (Wildman–Crippen MR) is 73.2 cm³/mol. The lowest BCUT2D eigenvalue weighted by molar-refractivity contribution is 0.0695. The molecule has 1 aromatic rings. The van der Waals surface area contributed by atoms with E-state index < -0.39 is 5.97 Å². The third-order valence-electron chi connectivity index (χ3n) is 1.36. The Morgan fingerprint density at radius 1 is 1.15 bits per heavy atom. The maximum absolute atomic E-state index is 10.7. The number of benzene rings is 1. The number of hydrogen-bond acceptors (Lipinski definition) is 2. The van der Waals surface area contributed by atoms with E-state index >= 15 is 0 Å². The zero-order valence-corrected chi connectivity index (χ0v) is 12.5. The van der Waals surface area contributed by atoms with Gasteiger partial charge in [-0.05, 0) is 73.8 Å². The molecule has 0 saturated carbocycles. The number of rotatable bonds is 1. The molecule has 0 aliphatic carbocycles. The minimum atomic E-state index is -1.02. The van der Waals surface area contributed by atoms with Gasteiger partial charge in [-0.15, -0.1) is 0 Å². The average molecular weight is 516 g/mol. The maximum atomic E-state index is 10.7. The summed E-state index contributed by atoms with van der Waals surface area (Å²) in [6.07, 6.45) is 0. The molecule has 0 fully saturated rings. The van der Waals surface area contributed by atoms with Crippen molar-refractivity contribution < 1.29 is 15.0 Å². The summed E-state index contributed by atoms with van der Waals surface area (Å²) in [4.78, 5) is 10.7. The van der Waals surface area contributed by atoms with Gasteiger partial charge in [0.05, 0.1) is 9.13 Å². The Morgan fingerprint density at radius 2 is 1.69 bits per heavy atom. The predicted octanol–water partition coefficient (Wildman–Crippen LogP) is 2.90. The molecule has 0 spiro atoms. The van der Waals surface area contributed by atoms with Crippen LogP contribution in [0.5, 0.6) is 5.75 Å². The van der Waals surface area contributed by atoms with Crippen molar-refractivity contribution >= 4 is 73.7 Å². The van der Waals surface area contributed by atoms with Crippen LogP contribution in [0.15, 0.2) is 6.07 Å². The van der Waals surface area contributed by atoms with Crippen LogP contribution in [0.3, 0.4) is 0 Å². The van der Waals surface area contributed by atoms with E-state index in [1.807, 2.05) is 67.8 Å². The molecule has 1 aromatic carbocycles. The molecular formula is C7H3I3O3. The van der Waals surface area contributed by atoms with Gasteiger partial charge in [0, 0.05) is 7.14 Å². The molecule has 70 valence electrons. The van der Waals surface area contributed by atoms with Crippen molar-refractivity contribution in [1.82, 2.24) is 0 Å². The fraction of sp³-hybridized carbons (Fsp3) is 0. The van der Waals surface area contributed by atoms with Gasteiger partial charge >= 0.3 is 5.97 Å².